The van der Waals surface area contributed by atoms with Crippen molar-refractivity contribution in [2.75, 3.05) is 13.1 Å². The molecule has 0 spiro atoms. The van der Waals surface area contributed by atoms with E-state index in [1.54, 1.807) is 0 Å². The summed E-state index contributed by atoms with van der Waals surface area (Å²) in [4.78, 5) is 12.4. The number of piperidine rings is 1. The molecule has 3 aliphatic rings. The second-order valence-electron chi connectivity index (χ2n) is 7.46. The van der Waals surface area contributed by atoms with E-state index in [4.69, 9.17) is 0 Å². The van der Waals surface area contributed by atoms with Gasteiger partial charge in [-0.1, -0.05) is 37.3 Å². The van der Waals surface area contributed by atoms with Gasteiger partial charge in [-0.3, -0.25) is 4.79 Å². The number of carbonyl (C=O) groups is 1. The molecule has 3 fully saturated rings. The Hall–Kier alpha value is -1.43. The van der Waals surface area contributed by atoms with Gasteiger partial charge in [-0.25, -0.2) is 4.68 Å². The maximum absolute atomic E-state index is 12.4. The molecule has 2 saturated carbocycles. The van der Waals surface area contributed by atoms with E-state index in [9.17, 15) is 4.79 Å². The maximum atomic E-state index is 12.4. The molecule has 126 valence electrons. The van der Waals surface area contributed by atoms with Crippen LogP contribution in [0, 0.1) is 11.8 Å². The molecule has 2 heterocycles. The average Bonchev–Trinajstić information content (AvgIpc) is 3.19. The van der Waals surface area contributed by atoms with Gasteiger partial charge in [0.1, 0.15) is 0 Å². The van der Waals surface area contributed by atoms with Crippen LogP contribution in [-0.2, 0) is 0 Å². The highest BCUT2D eigenvalue weighted by Gasteiger charge is 2.44. The first-order valence-electron chi connectivity index (χ1n) is 9.24. The first-order chi connectivity index (χ1) is 11.3. The Kier molecular flexibility index (Phi) is 4.33. The van der Waals surface area contributed by atoms with Gasteiger partial charge in [0.15, 0.2) is 5.69 Å². The third-order valence-electron chi connectivity index (χ3n) is 5.80. The fraction of sp³-hybridized carbons (Fsp3) is 0.824. The van der Waals surface area contributed by atoms with Crippen LogP contribution in [0.5, 0.6) is 0 Å². The topological polar surface area (TPSA) is 71.8 Å². The number of nitrogens with zero attached hydrogens (tertiary/aromatic N) is 3. The molecule has 0 aromatic carbocycles. The van der Waals surface area contributed by atoms with Gasteiger partial charge in [-0.15, -0.1) is 5.10 Å². The molecular formula is C17H27N5O. The van der Waals surface area contributed by atoms with Crippen LogP contribution in [0.4, 0.5) is 0 Å². The summed E-state index contributed by atoms with van der Waals surface area (Å²) < 4.78 is 1.85. The van der Waals surface area contributed by atoms with Crippen LogP contribution in [0.3, 0.4) is 0 Å². The molecule has 6 heteroatoms. The number of hydrogen-bond donors (Lipinski definition) is 2. The molecule has 0 bridgehead atoms. The Morgan fingerprint density at radius 3 is 2.87 bits per heavy atom. The van der Waals surface area contributed by atoms with Gasteiger partial charge >= 0.3 is 0 Å². The van der Waals surface area contributed by atoms with E-state index in [0.717, 1.165) is 38.3 Å². The number of aromatic nitrogens is 3. The molecule has 2 N–H and O–H groups in total. The van der Waals surface area contributed by atoms with Crippen LogP contribution in [0.2, 0.25) is 0 Å². The summed E-state index contributed by atoms with van der Waals surface area (Å²) in [6, 6.07) is 0.695. The Labute approximate surface area is 137 Å². The number of rotatable bonds is 4. The van der Waals surface area contributed by atoms with Crippen LogP contribution < -0.4 is 10.6 Å². The second-order valence-corrected chi connectivity index (χ2v) is 7.46. The maximum Gasteiger partial charge on any atom is 0.273 e. The smallest absolute Gasteiger partial charge is 0.273 e. The van der Waals surface area contributed by atoms with E-state index in [-0.39, 0.29) is 5.91 Å². The van der Waals surface area contributed by atoms with Crippen LogP contribution in [0.1, 0.15) is 67.9 Å². The van der Waals surface area contributed by atoms with Crippen molar-refractivity contribution in [1.29, 1.82) is 0 Å². The number of nitrogens with one attached hydrogen (secondary N) is 2. The van der Waals surface area contributed by atoms with Gasteiger partial charge in [0.25, 0.3) is 5.91 Å². The van der Waals surface area contributed by atoms with Crippen molar-refractivity contribution in [3.8, 4) is 0 Å². The van der Waals surface area contributed by atoms with E-state index in [2.05, 4.69) is 20.9 Å². The lowest BCUT2D eigenvalue weighted by Gasteiger charge is -2.22. The third kappa shape index (κ3) is 3.42. The van der Waals surface area contributed by atoms with E-state index >= 15 is 0 Å². The van der Waals surface area contributed by atoms with E-state index in [1.165, 1.54) is 32.1 Å². The Morgan fingerprint density at radius 2 is 2.09 bits per heavy atom. The lowest BCUT2D eigenvalue weighted by Crippen LogP contribution is -2.32. The van der Waals surface area contributed by atoms with Crippen LogP contribution >= 0.6 is 0 Å². The molecule has 1 amide bonds. The van der Waals surface area contributed by atoms with Crippen molar-refractivity contribution in [3.63, 3.8) is 0 Å². The minimum Gasteiger partial charge on any atom is -0.348 e. The van der Waals surface area contributed by atoms with Gasteiger partial charge in [-0.2, -0.15) is 0 Å². The highest BCUT2D eigenvalue weighted by atomic mass is 16.2. The van der Waals surface area contributed by atoms with E-state index in [1.807, 2.05) is 10.9 Å². The standard InChI is InChI=1S/C17H27N5O/c23-17(19-15-9-14(15)12-5-2-1-3-6-12)16-11-22(21-20-16)13-7-4-8-18-10-13/h11-15,18H,1-10H2,(H,19,23)/t13?,14-,15+/m0/s1. The summed E-state index contributed by atoms with van der Waals surface area (Å²) in [6.07, 6.45) is 12.0. The first kappa shape index (κ1) is 15.1. The molecule has 4 rings (SSSR count). The molecule has 6 nitrogen and oxygen atoms in total. The summed E-state index contributed by atoms with van der Waals surface area (Å²) in [6.45, 7) is 1.99. The quantitative estimate of drug-likeness (QED) is 0.890. The van der Waals surface area contributed by atoms with Crippen molar-refractivity contribution in [2.45, 2.75) is 63.5 Å². The minimum absolute atomic E-state index is 0.0525. The zero-order valence-corrected chi connectivity index (χ0v) is 13.7. The molecule has 2 aliphatic carbocycles. The average molecular weight is 317 g/mol. The largest absolute Gasteiger partial charge is 0.348 e. The summed E-state index contributed by atoms with van der Waals surface area (Å²) in [5, 5.41) is 14.8. The molecule has 1 aromatic rings. The lowest BCUT2D eigenvalue weighted by molar-refractivity contribution is 0.0941. The van der Waals surface area contributed by atoms with Crippen molar-refractivity contribution in [3.05, 3.63) is 11.9 Å². The zero-order chi connectivity index (χ0) is 15.6. The number of carbonyl (C=O) groups excluding carboxylic acids is 1. The summed E-state index contributed by atoms with van der Waals surface area (Å²) in [5.74, 6) is 1.48. The Balaban J connectivity index is 1.30. The van der Waals surface area contributed by atoms with Crippen molar-refractivity contribution in [1.82, 2.24) is 25.6 Å². The zero-order valence-electron chi connectivity index (χ0n) is 13.7. The minimum atomic E-state index is -0.0525. The fourth-order valence-electron chi connectivity index (χ4n) is 4.32. The van der Waals surface area contributed by atoms with Gasteiger partial charge in [-0.05, 0) is 37.6 Å². The Morgan fingerprint density at radius 1 is 1.22 bits per heavy atom. The Bertz CT molecular complexity index is 545. The molecular weight excluding hydrogens is 290 g/mol. The fourth-order valence-corrected chi connectivity index (χ4v) is 4.32. The van der Waals surface area contributed by atoms with Crippen molar-refractivity contribution < 1.29 is 4.79 Å². The molecule has 1 saturated heterocycles. The van der Waals surface area contributed by atoms with Crippen molar-refractivity contribution in [2.24, 2.45) is 11.8 Å². The van der Waals surface area contributed by atoms with Gasteiger partial charge in [0.2, 0.25) is 0 Å². The monoisotopic (exact) mass is 317 g/mol. The highest BCUT2D eigenvalue weighted by molar-refractivity contribution is 5.92. The highest BCUT2D eigenvalue weighted by Crippen LogP contribution is 2.44. The lowest BCUT2D eigenvalue weighted by atomic mass is 9.85. The SMILES string of the molecule is O=C(N[C@@H]1C[C@H]1C1CCCCC1)c1cn(C2CCCNC2)nn1. The van der Waals surface area contributed by atoms with Crippen LogP contribution in [-0.4, -0.2) is 40.0 Å². The molecule has 1 aliphatic heterocycles. The molecule has 1 aromatic heterocycles. The van der Waals surface area contributed by atoms with Crippen LogP contribution in [0.25, 0.3) is 0 Å². The van der Waals surface area contributed by atoms with E-state index in [0.29, 0.717) is 23.7 Å². The van der Waals surface area contributed by atoms with Crippen molar-refractivity contribution >= 4 is 5.91 Å². The summed E-state index contributed by atoms with van der Waals surface area (Å²) >= 11 is 0. The van der Waals surface area contributed by atoms with E-state index < -0.39 is 0 Å². The van der Waals surface area contributed by atoms with Gasteiger partial charge < -0.3 is 10.6 Å². The molecule has 3 atom stereocenters. The van der Waals surface area contributed by atoms with Gasteiger partial charge in [0, 0.05) is 12.6 Å². The molecule has 23 heavy (non-hydrogen) atoms. The number of hydrogen-bond acceptors (Lipinski definition) is 4. The normalized spacial score (nSPS) is 31.7. The predicted octanol–water partition coefficient (Wildman–Crippen LogP) is 1.90. The first-order valence-corrected chi connectivity index (χ1v) is 9.24. The van der Waals surface area contributed by atoms with Gasteiger partial charge in [0.05, 0.1) is 12.2 Å². The summed E-state index contributed by atoms with van der Waals surface area (Å²) in [5.41, 5.74) is 0.463. The molecule has 0 radical (unpaired) electrons. The third-order valence-corrected chi connectivity index (χ3v) is 5.80. The number of amides is 1. The predicted molar refractivity (Wildman–Crippen MR) is 87.1 cm³/mol. The van der Waals surface area contributed by atoms with Crippen LogP contribution in [0.15, 0.2) is 6.20 Å². The second kappa shape index (κ2) is 6.59. The summed E-state index contributed by atoms with van der Waals surface area (Å²) in [7, 11) is 0. The molecule has 1 unspecified atom stereocenters.